The number of allylic oxidation sites excluding steroid dienone is 1. The van der Waals surface area contributed by atoms with Crippen molar-refractivity contribution in [2.45, 2.75) is 37.2 Å². The van der Waals surface area contributed by atoms with Crippen LogP contribution in [-0.4, -0.2) is 21.9 Å². The highest BCUT2D eigenvalue weighted by atomic mass is 32.2. The Morgan fingerprint density at radius 2 is 2.00 bits per heavy atom. The van der Waals surface area contributed by atoms with Crippen molar-refractivity contribution in [3.05, 3.63) is 42.0 Å². The summed E-state index contributed by atoms with van der Waals surface area (Å²) < 4.78 is 12.3. The van der Waals surface area contributed by atoms with Crippen LogP contribution in [0.25, 0.3) is 0 Å². The molecule has 1 fully saturated rings. The van der Waals surface area contributed by atoms with E-state index in [4.69, 9.17) is 0 Å². The van der Waals surface area contributed by atoms with E-state index in [2.05, 4.69) is 6.58 Å². The maximum atomic E-state index is 13.2. The first-order valence-corrected chi connectivity index (χ1v) is 8.40. The highest BCUT2D eigenvalue weighted by molar-refractivity contribution is 7.88. The fraction of sp³-hybridized carbons (Fsp3) is 0.471. The minimum absolute atomic E-state index is 0.0706. The van der Waals surface area contributed by atoms with Crippen molar-refractivity contribution in [3.63, 3.8) is 0 Å². The van der Waals surface area contributed by atoms with Crippen LogP contribution < -0.4 is 4.90 Å². The molecule has 3 rings (SSSR count). The van der Waals surface area contributed by atoms with Gasteiger partial charge in [0, 0.05) is 28.9 Å². The molecule has 2 aliphatic heterocycles. The van der Waals surface area contributed by atoms with E-state index >= 15 is 0 Å². The average molecular weight is 303 g/mol. The van der Waals surface area contributed by atoms with Gasteiger partial charge in [0.25, 0.3) is 0 Å². The number of rotatable bonds is 1. The van der Waals surface area contributed by atoms with E-state index in [0.29, 0.717) is 6.42 Å². The third-order valence-electron chi connectivity index (χ3n) is 5.61. The van der Waals surface area contributed by atoms with Crippen molar-refractivity contribution in [2.24, 2.45) is 5.41 Å². The Balaban J connectivity index is 2.33. The lowest BCUT2D eigenvalue weighted by atomic mass is 9.68. The van der Waals surface area contributed by atoms with Gasteiger partial charge in [-0.15, -0.1) is 0 Å². The molecule has 21 heavy (non-hydrogen) atoms. The van der Waals surface area contributed by atoms with Gasteiger partial charge in [0.15, 0.2) is 0 Å². The second-order valence-corrected chi connectivity index (χ2v) is 8.54. The number of carbonyl (C=O) groups is 1. The molecule has 112 valence electrons. The van der Waals surface area contributed by atoms with Crippen LogP contribution in [0.2, 0.25) is 0 Å². The monoisotopic (exact) mass is 303 g/mol. The zero-order chi connectivity index (χ0) is 15.6. The lowest BCUT2D eigenvalue weighted by Gasteiger charge is -2.41. The van der Waals surface area contributed by atoms with E-state index in [1.807, 2.05) is 45.0 Å². The molecule has 4 atom stereocenters. The summed E-state index contributed by atoms with van der Waals surface area (Å²) >= 11 is 0. The van der Waals surface area contributed by atoms with Gasteiger partial charge in [-0.2, -0.15) is 0 Å². The number of fused-ring (bicyclic) bond motifs is 4. The Morgan fingerprint density at radius 3 is 2.62 bits per heavy atom. The summed E-state index contributed by atoms with van der Waals surface area (Å²) in [6.45, 7) is 9.92. The third-order valence-corrected chi connectivity index (χ3v) is 7.97. The van der Waals surface area contributed by atoms with Gasteiger partial charge >= 0.3 is 0 Å². The zero-order valence-electron chi connectivity index (χ0n) is 13.0. The Labute approximate surface area is 128 Å². The summed E-state index contributed by atoms with van der Waals surface area (Å²) in [6.07, 6.45) is 0.710. The van der Waals surface area contributed by atoms with Crippen LogP contribution in [0.15, 0.2) is 36.4 Å². The van der Waals surface area contributed by atoms with E-state index in [1.54, 1.807) is 11.9 Å². The quantitative estimate of drug-likeness (QED) is 0.747. The Hall–Kier alpha value is -1.42. The molecule has 1 aromatic carbocycles. The number of hydrogen-bond acceptors (Lipinski definition) is 2. The second kappa shape index (κ2) is 4.29. The standard InChI is InChI=1S/C17H21NO2S/c1-11(2)16(3)10-14-12-8-6-7-9-13(12)18(5)15(19)17(16,4)21(14)20/h6-9,14H,1,10H2,2-5H3/t14-,16-,17-,21?/m1/s1. The molecule has 0 saturated carbocycles. The van der Waals surface area contributed by atoms with Gasteiger partial charge in [0.1, 0.15) is 4.75 Å². The first kappa shape index (κ1) is 14.5. The molecule has 2 heterocycles. The summed E-state index contributed by atoms with van der Waals surface area (Å²) in [5.41, 5.74) is 2.39. The zero-order valence-corrected chi connectivity index (χ0v) is 13.8. The number of hydrogen-bond donors (Lipinski definition) is 0. The van der Waals surface area contributed by atoms with E-state index < -0.39 is 21.0 Å². The van der Waals surface area contributed by atoms with Crippen molar-refractivity contribution in [2.75, 3.05) is 11.9 Å². The minimum atomic E-state index is -1.26. The molecule has 3 nitrogen and oxygen atoms in total. The van der Waals surface area contributed by atoms with Gasteiger partial charge in [-0.05, 0) is 31.9 Å². The van der Waals surface area contributed by atoms with Gasteiger partial charge in [0.05, 0.1) is 5.25 Å². The smallest absolute Gasteiger partial charge is 0.246 e. The van der Waals surface area contributed by atoms with Crippen molar-refractivity contribution < 1.29 is 9.00 Å². The molecule has 0 spiro atoms. The molecular formula is C17H21NO2S. The summed E-state index contributed by atoms with van der Waals surface area (Å²) in [6, 6.07) is 7.81. The maximum absolute atomic E-state index is 13.2. The Morgan fingerprint density at radius 1 is 1.38 bits per heavy atom. The van der Waals surface area contributed by atoms with Crippen LogP contribution in [0.1, 0.15) is 38.0 Å². The first-order valence-electron chi connectivity index (χ1n) is 7.19. The highest BCUT2D eigenvalue weighted by Crippen LogP contribution is 2.60. The Bertz CT molecular complexity index is 683. The van der Waals surface area contributed by atoms with Crippen LogP contribution in [0.5, 0.6) is 0 Å². The van der Waals surface area contributed by atoms with Crippen molar-refractivity contribution in [3.8, 4) is 0 Å². The molecule has 0 aliphatic carbocycles. The van der Waals surface area contributed by atoms with Gasteiger partial charge in [-0.25, -0.2) is 0 Å². The van der Waals surface area contributed by atoms with Gasteiger partial charge in [-0.3, -0.25) is 9.00 Å². The predicted molar refractivity (Wildman–Crippen MR) is 86.7 cm³/mol. The number of carbonyl (C=O) groups excluding carboxylic acids is 1. The average Bonchev–Trinajstić information content (AvgIpc) is 2.65. The largest absolute Gasteiger partial charge is 0.314 e. The summed E-state index contributed by atoms with van der Waals surface area (Å²) in [7, 11) is 0.525. The molecule has 4 heteroatoms. The normalized spacial score (nSPS) is 38.1. The molecular weight excluding hydrogens is 282 g/mol. The van der Waals surface area contributed by atoms with Crippen molar-refractivity contribution in [1.29, 1.82) is 0 Å². The minimum Gasteiger partial charge on any atom is -0.314 e. The molecule has 0 N–H and O–H groups in total. The maximum Gasteiger partial charge on any atom is 0.246 e. The molecule has 0 radical (unpaired) electrons. The highest BCUT2D eigenvalue weighted by Gasteiger charge is 2.65. The van der Waals surface area contributed by atoms with E-state index in [0.717, 1.165) is 16.8 Å². The topological polar surface area (TPSA) is 37.4 Å². The van der Waals surface area contributed by atoms with Gasteiger partial charge in [0.2, 0.25) is 5.91 Å². The van der Waals surface area contributed by atoms with Crippen LogP contribution in [0.4, 0.5) is 5.69 Å². The third kappa shape index (κ3) is 1.54. The van der Waals surface area contributed by atoms with Gasteiger partial charge < -0.3 is 4.90 Å². The lowest BCUT2D eigenvalue weighted by Crippen LogP contribution is -2.55. The van der Waals surface area contributed by atoms with E-state index in [9.17, 15) is 9.00 Å². The molecule has 2 bridgehead atoms. The first-order chi connectivity index (χ1) is 9.75. The van der Waals surface area contributed by atoms with Crippen LogP contribution in [-0.2, 0) is 15.6 Å². The molecule has 1 saturated heterocycles. The number of para-hydroxylation sites is 1. The molecule has 2 aliphatic rings. The molecule has 1 unspecified atom stereocenters. The number of amides is 1. The second-order valence-electron chi connectivity index (χ2n) is 6.56. The number of nitrogens with zero attached hydrogens (tertiary/aromatic N) is 1. The molecule has 0 aromatic heterocycles. The van der Waals surface area contributed by atoms with Crippen LogP contribution in [0.3, 0.4) is 0 Å². The fourth-order valence-corrected chi connectivity index (χ4v) is 6.27. The van der Waals surface area contributed by atoms with Crippen molar-refractivity contribution in [1.82, 2.24) is 0 Å². The number of benzene rings is 1. The summed E-state index contributed by atoms with van der Waals surface area (Å²) in [5, 5.41) is -0.109. The van der Waals surface area contributed by atoms with E-state index in [1.165, 1.54) is 0 Å². The van der Waals surface area contributed by atoms with Gasteiger partial charge in [-0.1, -0.05) is 37.3 Å². The lowest BCUT2D eigenvalue weighted by molar-refractivity contribution is -0.122. The predicted octanol–water partition coefficient (Wildman–Crippen LogP) is 3.20. The van der Waals surface area contributed by atoms with Crippen LogP contribution in [0, 0.1) is 5.41 Å². The fourth-order valence-electron chi connectivity index (χ4n) is 3.77. The summed E-state index contributed by atoms with van der Waals surface area (Å²) in [5.74, 6) is -0.0706. The summed E-state index contributed by atoms with van der Waals surface area (Å²) in [4.78, 5) is 14.8. The van der Waals surface area contributed by atoms with Crippen molar-refractivity contribution >= 4 is 22.4 Å². The SMILES string of the molecule is C=C(C)[C@@]1(C)C[C@@H]2c3ccccc3N(C)C(=O)[C@@]1(C)S2=O. The van der Waals surface area contributed by atoms with Crippen LogP contribution >= 0.6 is 0 Å². The molecule has 1 amide bonds. The van der Waals surface area contributed by atoms with E-state index in [-0.39, 0.29) is 11.2 Å². The molecule has 1 aromatic rings. The number of anilines is 1. The Kier molecular flexibility index (Phi) is 2.97.